The van der Waals surface area contributed by atoms with Crippen molar-refractivity contribution in [2.75, 3.05) is 74.6 Å². The Hall–Kier alpha value is -3.52. The molecule has 3 aliphatic heterocycles. The van der Waals surface area contributed by atoms with Crippen molar-refractivity contribution in [2.45, 2.75) is 0 Å². The Balaban J connectivity index is 1.33. The van der Waals surface area contributed by atoms with Crippen LogP contribution in [-0.4, -0.2) is 75.4 Å². The molecule has 0 unspecified atom stereocenters. The highest BCUT2D eigenvalue weighted by atomic mass is 35.5. The molecule has 0 spiro atoms. The maximum atomic E-state index is 13.0. The van der Waals surface area contributed by atoms with Gasteiger partial charge >= 0.3 is 0 Å². The van der Waals surface area contributed by atoms with Crippen molar-refractivity contribution in [3.8, 4) is 11.1 Å². The third kappa shape index (κ3) is 4.73. The number of anilines is 3. The molecule has 0 bridgehead atoms. The number of nitrogens with one attached hydrogen (secondary N) is 1. The third-order valence-corrected chi connectivity index (χ3v) is 7.94. The summed E-state index contributed by atoms with van der Waals surface area (Å²) < 4.78 is 5.46. The molecule has 38 heavy (non-hydrogen) atoms. The summed E-state index contributed by atoms with van der Waals surface area (Å²) in [4.78, 5) is 20.0. The van der Waals surface area contributed by atoms with Gasteiger partial charge in [-0.2, -0.15) is 0 Å². The summed E-state index contributed by atoms with van der Waals surface area (Å²) in [6.07, 6.45) is 0. The summed E-state index contributed by atoms with van der Waals surface area (Å²) in [7, 11) is 2.12. The summed E-state index contributed by atoms with van der Waals surface area (Å²) in [5, 5.41) is 14.8. The topological polar surface area (TPSA) is 68.3 Å². The average Bonchev–Trinajstić information content (AvgIpc) is 3.27. The van der Waals surface area contributed by atoms with Gasteiger partial charge in [0.2, 0.25) is 0 Å². The second-order valence-electron chi connectivity index (χ2n) is 10.0. The molecule has 6 rings (SSSR count). The van der Waals surface area contributed by atoms with E-state index in [1.54, 1.807) is 6.07 Å². The number of aliphatic hydroxyl groups excluding tert-OH is 1. The Kier molecular flexibility index (Phi) is 6.74. The van der Waals surface area contributed by atoms with Crippen molar-refractivity contribution in [3.63, 3.8) is 0 Å². The number of hydrogen-bond acceptors (Lipinski definition) is 6. The highest BCUT2D eigenvalue weighted by Gasteiger charge is 2.30. The molecule has 8 heteroatoms. The number of likely N-dealkylation sites (N-methyl/N-ethyl adjacent to an activating group) is 1. The second kappa shape index (κ2) is 10.3. The number of amides is 1. The van der Waals surface area contributed by atoms with Gasteiger partial charge in [-0.15, -0.1) is 0 Å². The van der Waals surface area contributed by atoms with Crippen LogP contribution in [0.4, 0.5) is 17.1 Å². The number of nitrogens with zero attached hydrogens (tertiary/aromatic N) is 3. The zero-order valence-corrected chi connectivity index (χ0v) is 22.2. The van der Waals surface area contributed by atoms with E-state index in [9.17, 15) is 9.90 Å². The first kappa shape index (κ1) is 24.8. The molecule has 0 radical (unpaired) electrons. The smallest absolute Gasteiger partial charge is 0.260 e. The van der Waals surface area contributed by atoms with Gasteiger partial charge in [0.1, 0.15) is 5.76 Å². The lowest BCUT2D eigenvalue weighted by molar-refractivity contribution is -0.110. The van der Waals surface area contributed by atoms with Gasteiger partial charge in [-0.1, -0.05) is 35.9 Å². The van der Waals surface area contributed by atoms with Gasteiger partial charge in [-0.05, 0) is 49.0 Å². The zero-order chi connectivity index (χ0) is 26.2. The maximum absolute atomic E-state index is 13.0. The van der Waals surface area contributed by atoms with Gasteiger partial charge in [0.05, 0.1) is 29.5 Å². The molecular weight excluding hydrogens is 500 g/mol. The summed E-state index contributed by atoms with van der Waals surface area (Å²) >= 11 is 6.67. The van der Waals surface area contributed by atoms with Crippen LogP contribution in [-0.2, 0) is 9.53 Å². The van der Waals surface area contributed by atoms with Crippen LogP contribution in [0.5, 0.6) is 0 Å². The van der Waals surface area contributed by atoms with Gasteiger partial charge in [0, 0.05) is 67.3 Å². The summed E-state index contributed by atoms with van der Waals surface area (Å²) in [5.74, 6) is -0.369. The quantitative estimate of drug-likeness (QED) is 0.366. The van der Waals surface area contributed by atoms with Crippen molar-refractivity contribution in [1.82, 2.24) is 4.90 Å². The standard InChI is InChI=1S/C30H31ClN4O3/c1-33-9-11-34(12-10-33)23-4-2-3-21(17-23)29(36)28-25-18-24(26(31)19-27(25)32-30(28)37)20-5-7-22(8-6-20)35-13-15-38-16-14-35/h2-8,17-19,36H,9-16H2,1H3,(H,32,37)/b29-28+. The number of piperazine rings is 1. The number of halogens is 1. The lowest BCUT2D eigenvalue weighted by Crippen LogP contribution is -2.44. The molecule has 3 aromatic rings. The number of aliphatic hydroxyl groups is 1. The van der Waals surface area contributed by atoms with Crippen molar-refractivity contribution in [3.05, 3.63) is 76.8 Å². The molecule has 3 heterocycles. The Morgan fingerprint density at radius 3 is 2.32 bits per heavy atom. The van der Waals surface area contributed by atoms with Gasteiger partial charge < -0.3 is 29.9 Å². The largest absolute Gasteiger partial charge is 0.506 e. The first-order valence-corrected chi connectivity index (χ1v) is 13.4. The molecule has 0 aliphatic carbocycles. The number of fused-ring (bicyclic) bond motifs is 1. The SMILES string of the molecule is CN1CCN(c2cccc(/C(O)=C3\C(=O)Nc4cc(Cl)c(-c5ccc(N6CCOCC6)cc5)cc43)c2)CC1. The fourth-order valence-electron chi connectivity index (χ4n) is 5.38. The monoisotopic (exact) mass is 530 g/mol. The fraction of sp³-hybridized carbons (Fsp3) is 0.300. The van der Waals surface area contributed by atoms with Crippen LogP contribution in [0.1, 0.15) is 11.1 Å². The lowest BCUT2D eigenvalue weighted by atomic mass is 9.96. The van der Waals surface area contributed by atoms with Crippen LogP contribution < -0.4 is 15.1 Å². The number of morpholine rings is 1. The molecule has 196 valence electrons. The van der Waals surface area contributed by atoms with Crippen molar-refractivity contribution >= 4 is 45.9 Å². The number of rotatable bonds is 4. The van der Waals surface area contributed by atoms with E-state index in [0.29, 0.717) is 21.8 Å². The molecular formula is C30H31ClN4O3. The molecule has 7 nitrogen and oxygen atoms in total. The number of carbonyl (C=O) groups is 1. The van der Waals surface area contributed by atoms with E-state index < -0.39 is 0 Å². The highest BCUT2D eigenvalue weighted by molar-refractivity contribution is 6.38. The van der Waals surface area contributed by atoms with Crippen molar-refractivity contribution in [2.24, 2.45) is 0 Å². The first-order chi connectivity index (χ1) is 18.5. The Labute approximate surface area is 227 Å². The van der Waals surface area contributed by atoms with E-state index in [0.717, 1.165) is 75.0 Å². The maximum Gasteiger partial charge on any atom is 0.260 e. The number of hydrogen-bond donors (Lipinski definition) is 2. The van der Waals surface area contributed by atoms with Gasteiger partial charge in [-0.3, -0.25) is 4.79 Å². The molecule has 2 N–H and O–H groups in total. The second-order valence-corrected chi connectivity index (χ2v) is 10.4. The minimum atomic E-state index is -0.335. The minimum absolute atomic E-state index is 0.0341. The molecule has 0 aromatic heterocycles. The van der Waals surface area contributed by atoms with Crippen molar-refractivity contribution < 1.29 is 14.6 Å². The lowest BCUT2D eigenvalue weighted by Gasteiger charge is -2.34. The first-order valence-electron chi connectivity index (χ1n) is 13.0. The molecule has 2 saturated heterocycles. The molecule has 2 fully saturated rings. The van der Waals surface area contributed by atoms with Gasteiger partial charge in [-0.25, -0.2) is 0 Å². The number of benzene rings is 3. The minimum Gasteiger partial charge on any atom is -0.506 e. The molecule has 3 aromatic carbocycles. The van der Waals surface area contributed by atoms with Crippen LogP contribution in [0.2, 0.25) is 5.02 Å². The summed E-state index contributed by atoms with van der Waals surface area (Å²) in [6, 6.07) is 19.7. The van der Waals surface area contributed by atoms with E-state index in [1.807, 2.05) is 42.5 Å². The van der Waals surface area contributed by atoms with Crippen LogP contribution >= 0.6 is 11.6 Å². The molecule has 1 amide bonds. The number of carbonyl (C=O) groups excluding carboxylic acids is 1. The fourth-order valence-corrected chi connectivity index (χ4v) is 5.65. The highest BCUT2D eigenvalue weighted by Crippen LogP contribution is 2.42. The summed E-state index contributed by atoms with van der Waals surface area (Å²) in [6.45, 7) is 7.03. The van der Waals surface area contributed by atoms with Crippen LogP contribution in [0.15, 0.2) is 60.7 Å². The van der Waals surface area contributed by atoms with E-state index >= 15 is 0 Å². The van der Waals surface area contributed by atoms with E-state index in [-0.39, 0.29) is 17.2 Å². The van der Waals surface area contributed by atoms with Crippen LogP contribution in [0.25, 0.3) is 22.5 Å². The third-order valence-electron chi connectivity index (χ3n) is 7.63. The van der Waals surface area contributed by atoms with Crippen LogP contribution in [0, 0.1) is 0 Å². The molecule has 0 atom stereocenters. The van der Waals surface area contributed by atoms with E-state index in [4.69, 9.17) is 16.3 Å². The Morgan fingerprint density at radius 1 is 0.868 bits per heavy atom. The average molecular weight is 531 g/mol. The normalized spacial score (nSPS) is 19.4. The van der Waals surface area contributed by atoms with E-state index in [2.05, 4.69) is 39.2 Å². The Morgan fingerprint density at radius 2 is 1.58 bits per heavy atom. The van der Waals surface area contributed by atoms with Gasteiger partial charge in [0.15, 0.2) is 0 Å². The van der Waals surface area contributed by atoms with Gasteiger partial charge in [0.25, 0.3) is 5.91 Å². The zero-order valence-electron chi connectivity index (χ0n) is 21.4. The summed E-state index contributed by atoms with van der Waals surface area (Å²) in [5.41, 5.74) is 6.07. The predicted octanol–water partition coefficient (Wildman–Crippen LogP) is 4.97. The predicted molar refractivity (Wildman–Crippen MR) is 154 cm³/mol. The van der Waals surface area contributed by atoms with Crippen LogP contribution in [0.3, 0.4) is 0 Å². The molecule has 0 saturated carbocycles. The molecule has 3 aliphatic rings. The Bertz CT molecular complexity index is 1390. The van der Waals surface area contributed by atoms with E-state index in [1.165, 1.54) is 0 Å². The number of ether oxygens (including phenoxy) is 1. The van der Waals surface area contributed by atoms with Crippen molar-refractivity contribution in [1.29, 1.82) is 0 Å².